The first-order valence-electron chi connectivity index (χ1n) is 14.1. The molecule has 0 aliphatic carbocycles. The average Bonchev–Trinajstić information content (AvgIpc) is 3.62. The van der Waals surface area contributed by atoms with Crippen molar-refractivity contribution in [3.8, 4) is 10.4 Å². The molecule has 1 fully saturated rings. The van der Waals surface area contributed by atoms with Gasteiger partial charge in [-0.2, -0.15) is 5.16 Å². The van der Waals surface area contributed by atoms with Gasteiger partial charge < -0.3 is 19.2 Å². The van der Waals surface area contributed by atoms with E-state index in [9.17, 15) is 14.4 Å². The van der Waals surface area contributed by atoms with Crippen LogP contribution in [0.2, 0.25) is 18.1 Å². The molecule has 2 aromatic heterocycles. The van der Waals surface area contributed by atoms with Gasteiger partial charge in [0.1, 0.15) is 12.0 Å². The zero-order valence-corrected chi connectivity index (χ0v) is 27.1. The van der Waals surface area contributed by atoms with Crippen LogP contribution in [-0.2, 0) is 20.6 Å². The summed E-state index contributed by atoms with van der Waals surface area (Å²) in [4.78, 5) is 46.5. The number of rotatable bonds is 9. The van der Waals surface area contributed by atoms with Gasteiger partial charge in [-0.3, -0.25) is 14.4 Å². The van der Waals surface area contributed by atoms with E-state index in [-0.39, 0.29) is 34.6 Å². The Kier molecular flexibility index (Phi) is 9.10. The second-order valence-electron chi connectivity index (χ2n) is 12.8. The number of aryl methyl sites for hydroxylation is 1. The molecule has 11 heteroatoms. The second kappa shape index (κ2) is 12.1. The van der Waals surface area contributed by atoms with E-state index in [1.165, 1.54) is 6.07 Å². The number of aromatic nitrogens is 2. The van der Waals surface area contributed by atoms with Crippen molar-refractivity contribution in [1.29, 1.82) is 0 Å². The smallest absolute Gasteiger partial charge is 0.280 e. The van der Waals surface area contributed by atoms with Crippen molar-refractivity contribution in [2.45, 2.75) is 90.7 Å². The van der Waals surface area contributed by atoms with Crippen LogP contribution in [0.4, 0.5) is 0 Å². The van der Waals surface area contributed by atoms with Gasteiger partial charge in [0.2, 0.25) is 11.8 Å². The van der Waals surface area contributed by atoms with Crippen molar-refractivity contribution in [2.24, 2.45) is 5.92 Å². The Morgan fingerprint density at radius 3 is 2.46 bits per heavy atom. The van der Waals surface area contributed by atoms with Crippen LogP contribution in [0.1, 0.15) is 64.0 Å². The maximum absolute atomic E-state index is 14.0. The summed E-state index contributed by atoms with van der Waals surface area (Å²) in [6, 6.07) is 8.69. The lowest BCUT2D eigenvalue weighted by Crippen LogP contribution is -2.48. The third-order valence-electron chi connectivity index (χ3n) is 8.33. The van der Waals surface area contributed by atoms with E-state index in [2.05, 4.69) is 49.3 Å². The van der Waals surface area contributed by atoms with Gasteiger partial charge in [-0.25, -0.2) is 4.98 Å². The summed E-state index contributed by atoms with van der Waals surface area (Å²) < 4.78 is 12.0. The fraction of sp³-hybridized carbons (Fsp3) is 0.533. The summed E-state index contributed by atoms with van der Waals surface area (Å²) in [7, 11) is -2.15. The molecule has 0 unspecified atom stereocenters. The number of nitrogens with zero attached hydrogens (tertiary/aromatic N) is 2. The molecular weight excluding hydrogens is 557 g/mol. The minimum absolute atomic E-state index is 0.0128. The van der Waals surface area contributed by atoms with Gasteiger partial charge in [0.25, 0.3) is 5.56 Å². The number of thiazole rings is 1. The Hall–Kier alpha value is -3.02. The maximum atomic E-state index is 14.0. The van der Waals surface area contributed by atoms with Crippen LogP contribution >= 0.6 is 11.3 Å². The van der Waals surface area contributed by atoms with Crippen LogP contribution in [-0.4, -0.2) is 53.9 Å². The number of hydrogen-bond donors (Lipinski definition) is 2. The van der Waals surface area contributed by atoms with Crippen LogP contribution in [0, 0.1) is 12.8 Å². The van der Waals surface area contributed by atoms with Crippen molar-refractivity contribution in [2.75, 3.05) is 6.54 Å². The van der Waals surface area contributed by atoms with Crippen LogP contribution < -0.4 is 10.9 Å². The average molecular weight is 599 g/mol. The number of likely N-dealkylation sites (tertiary alicyclic amines) is 1. The fourth-order valence-corrected chi connectivity index (χ4v) is 7.16. The van der Waals surface area contributed by atoms with Gasteiger partial charge >= 0.3 is 0 Å². The minimum Gasteiger partial charge on any atom is -0.412 e. The Morgan fingerprint density at radius 1 is 1.24 bits per heavy atom. The van der Waals surface area contributed by atoms with E-state index >= 15 is 0 Å². The molecule has 41 heavy (non-hydrogen) atoms. The molecule has 0 bridgehead atoms. The van der Waals surface area contributed by atoms with Crippen molar-refractivity contribution in [3.63, 3.8) is 0 Å². The van der Waals surface area contributed by atoms with Crippen molar-refractivity contribution in [1.82, 2.24) is 20.4 Å². The third-order valence-corrected chi connectivity index (χ3v) is 13.8. The van der Waals surface area contributed by atoms with Gasteiger partial charge in [-0.05, 0) is 42.1 Å². The Balaban J connectivity index is 1.53. The first-order valence-corrected chi connectivity index (χ1v) is 17.9. The van der Waals surface area contributed by atoms with E-state index in [0.717, 1.165) is 21.7 Å². The van der Waals surface area contributed by atoms with Crippen LogP contribution in [0.25, 0.3) is 10.4 Å². The van der Waals surface area contributed by atoms with Gasteiger partial charge in [0, 0.05) is 25.6 Å². The molecule has 3 atom stereocenters. The summed E-state index contributed by atoms with van der Waals surface area (Å²) in [5.74, 6) is -1.03. The Morgan fingerprint density at radius 2 is 1.93 bits per heavy atom. The van der Waals surface area contributed by atoms with Gasteiger partial charge in [-0.1, -0.05) is 58.9 Å². The Labute approximate surface area is 246 Å². The molecule has 0 spiro atoms. The molecular formula is C30H42N4O5SSi. The third kappa shape index (κ3) is 6.90. The maximum Gasteiger partial charge on any atom is 0.280 e. The van der Waals surface area contributed by atoms with E-state index in [1.807, 2.05) is 50.5 Å². The van der Waals surface area contributed by atoms with Crippen LogP contribution in [0.3, 0.4) is 0 Å². The number of H-pyrrole nitrogens is 1. The predicted octanol–water partition coefficient (Wildman–Crippen LogP) is 5.45. The molecule has 2 N–H and O–H groups in total. The molecule has 0 saturated carbocycles. The normalized spacial score (nSPS) is 18.6. The molecule has 3 heterocycles. The molecule has 9 nitrogen and oxygen atoms in total. The summed E-state index contributed by atoms with van der Waals surface area (Å²) in [6.07, 6.45) is 0.152. The zero-order chi connectivity index (χ0) is 30.1. The first-order chi connectivity index (χ1) is 19.2. The first kappa shape index (κ1) is 30.9. The zero-order valence-electron chi connectivity index (χ0n) is 25.2. The molecule has 1 aliphatic heterocycles. The summed E-state index contributed by atoms with van der Waals surface area (Å²) in [5.41, 5.74) is 4.49. The molecule has 0 radical (unpaired) electrons. The molecule has 3 aromatic rings. The largest absolute Gasteiger partial charge is 0.412 e. The molecule has 1 aliphatic rings. The predicted molar refractivity (Wildman–Crippen MR) is 163 cm³/mol. The number of nitrogens with one attached hydrogen (secondary N) is 2. The minimum atomic E-state index is -2.15. The van der Waals surface area contributed by atoms with E-state index in [4.69, 9.17) is 8.95 Å². The van der Waals surface area contributed by atoms with Gasteiger partial charge in [-0.15, -0.1) is 11.3 Å². The fourth-order valence-electron chi connectivity index (χ4n) is 4.99. The van der Waals surface area contributed by atoms with Gasteiger partial charge in [0.05, 0.1) is 22.2 Å². The number of aromatic amines is 1. The molecule has 222 valence electrons. The van der Waals surface area contributed by atoms with Crippen molar-refractivity contribution in [3.05, 3.63) is 63.2 Å². The second-order valence-corrected chi connectivity index (χ2v) is 18.4. The highest BCUT2D eigenvalue weighted by molar-refractivity contribution is 7.13. The number of benzene rings is 1. The van der Waals surface area contributed by atoms with Gasteiger partial charge in [0.15, 0.2) is 14.1 Å². The molecule has 4 rings (SSSR count). The highest BCUT2D eigenvalue weighted by atomic mass is 32.1. The number of carbonyl (C=O) groups excluding carboxylic acids is 2. The van der Waals surface area contributed by atoms with Crippen LogP contribution in [0.5, 0.6) is 0 Å². The lowest BCUT2D eigenvalue weighted by Gasteiger charge is -2.38. The summed E-state index contributed by atoms with van der Waals surface area (Å²) in [5, 5.41) is 5.33. The number of carbonyl (C=O) groups is 2. The van der Waals surface area contributed by atoms with E-state index < -0.39 is 25.8 Å². The summed E-state index contributed by atoms with van der Waals surface area (Å²) in [6.45, 7) is 17.3. The summed E-state index contributed by atoms with van der Waals surface area (Å²) >= 11 is 1.60. The molecule has 1 aromatic carbocycles. The van der Waals surface area contributed by atoms with Crippen molar-refractivity contribution < 1.29 is 18.5 Å². The monoisotopic (exact) mass is 598 g/mol. The van der Waals surface area contributed by atoms with Crippen molar-refractivity contribution >= 4 is 31.5 Å². The number of hydrogen-bond acceptors (Lipinski definition) is 7. The number of amides is 2. The van der Waals surface area contributed by atoms with E-state index in [1.54, 1.807) is 16.2 Å². The standard InChI is InChI=1S/C30H42N4O5SSi/c1-18(2)26(24-14-25(35)33-38-24)29(37)34-16-22(39-41(7,8)30(4,5)6)13-23(34)28(36)31-15-20-9-11-21(12-10-20)27-19(3)32-17-40-27/h9-12,14,17-18,22-23,26H,13,15-16H2,1-8H3,(H,31,36)(H,33,35)/t22-,23+,26-/m1/s1. The lowest BCUT2D eigenvalue weighted by atomic mass is 9.91. The highest BCUT2D eigenvalue weighted by Gasteiger charge is 2.47. The topological polar surface area (TPSA) is 118 Å². The SMILES string of the molecule is Cc1ncsc1-c1ccc(CNC(=O)[C@@H]2C[C@@H](O[Si](C)(C)C(C)(C)C)CN2C(=O)[C@@H](c2cc(=O)[nH]o2)C(C)C)cc1. The molecule has 1 saturated heterocycles. The van der Waals surface area contributed by atoms with Crippen LogP contribution in [0.15, 0.2) is 45.2 Å². The van der Waals surface area contributed by atoms with E-state index in [0.29, 0.717) is 19.5 Å². The molecule has 2 amide bonds. The Bertz CT molecular complexity index is 1420. The lowest BCUT2D eigenvalue weighted by molar-refractivity contribution is -0.141. The quantitative estimate of drug-likeness (QED) is 0.317. The highest BCUT2D eigenvalue weighted by Crippen LogP contribution is 2.39.